The number of phosphoric ester groups is 1. The Balaban J connectivity index is 4.09. The van der Waals surface area contributed by atoms with E-state index in [9.17, 15) is 29.3 Å². The van der Waals surface area contributed by atoms with Crippen LogP contribution in [0.4, 0.5) is 0 Å². The van der Waals surface area contributed by atoms with E-state index >= 15 is 0 Å². The second-order valence-corrected chi connectivity index (χ2v) is 14.7. The van der Waals surface area contributed by atoms with Gasteiger partial charge in [0.2, 0.25) is 0 Å². The zero-order valence-electron chi connectivity index (χ0n) is 34.7. The molecule has 11 heteroatoms. The Morgan fingerprint density at radius 1 is 0.474 bits per heavy atom. The maximum Gasteiger partial charge on any atom is 0.472 e. The fraction of sp³-hybridized carbons (Fsp3) is 0.565. The SMILES string of the molecule is CC/C=C\C/C=C\C/C=C\C/C=C\C/C=C\CCCC(=O)OC(CO)COP(=O)(O)OCC(CO)OC(=O)CCCCCC/C=C\C/C=C\C/C=C\C/C=C\CC. The molecule has 0 aliphatic heterocycles. The van der Waals surface area contributed by atoms with E-state index in [1.807, 2.05) is 12.2 Å². The van der Waals surface area contributed by atoms with Crippen molar-refractivity contribution in [3.05, 3.63) is 109 Å². The average molecular weight is 817 g/mol. The van der Waals surface area contributed by atoms with Crippen molar-refractivity contribution in [2.24, 2.45) is 0 Å². The molecule has 322 valence electrons. The Labute approximate surface area is 344 Å². The van der Waals surface area contributed by atoms with E-state index in [1.165, 1.54) is 0 Å². The molecule has 0 aliphatic carbocycles. The predicted molar refractivity (Wildman–Crippen MR) is 232 cm³/mol. The van der Waals surface area contributed by atoms with E-state index < -0.39 is 58.4 Å². The number of rotatable bonds is 37. The Morgan fingerprint density at radius 3 is 1.16 bits per heavy atom. The smallest absolute Gasteiger partial charge is 0.457 e. The Kier molecular flexibility index (Phi) is 38.4. The highest BCUT2D eigenvalue weighted by atomic mass is 31.2. The van der Waals surface area contributed by atoms with Gasteiger partial charge in [-0.05, 0) is 89.9 Å². The van der Waals surface area contributed by atoms with Crippen LogP contribution in [0.5, 0.6) is 0 Å². The molecule has 0 fully saturated rings. The summed E-state index contributed by atoms with van der Waals surface area (Å²) >= 11 is 0. The number of allylic oxidation sites excluding steroid dienone is 18. The van der Waals surface area contributed by atoms with E-state index in [1.54, 1.807) is 0 Å². The van der Waals surface area contributed by atoms with Gasteiger partial charge in [-0.1, -0.05) is 136 Å². The molecule has 0 saturated heterocycles. The lowest BCUT2D eigenvalue weighted by molar-refractivity contribution is -0.153. The van der Waals surface area contributed by atoms with Crippen molar-refractivity contribution in [2.75, 3.05) is 26.4 Å². The first-order valence-corrected chi connectivity index (χ1v) is 22.3. The lowest BCUT2D eigenvalue weighted by Gasteiger charge is -2.20. The lowest BCUT2D eigenvalue weighted by Crippen LogP contribution is -2.28. The largest absolute Gasteiger partial charge is 0.472 e. The van der Waals surface area contributed by atoms with Crippen LogP contribution < -0.4 is 0 Å². The maximum absolute atomic E-state index is 12.4. The number of carbonyl (C=O) groups excluding carboxylic acids is 2. The molecule has 10 nitrogen and oxygen atoms in total. The van der Waals surface area contributed by atoms with Crippen LogP contribution in [0.3, 0.4) is 0 Å². The molecule has 0 spiro atoms. The number of phosphoric acid groups is 1. The van der Waals surface area contributed by atoms with Crippen molar-refractivity contribution < 1.29 is 47.8 Å². The molecule has 0 radical (unpaired) electrons. The minimum absolute atomic E-state index is 0.105. The zero-order chi connectivity index (χ0) is 41.9. The topological polar surface area (TPSA) is 149 Å². The van der Waals surface area contributed by atoms with Crippen molar-refractivity contribution in [2.45, 2.75) is 142 Å². The second-order valence-electron chi connectivity index (χ2n) is 13.2. The van der Waals surface area contributed by atoms with E-state index in [4.69, 9.17) is 18.5 Å². The van der Waals surface area contributed by atoms with Crippen LogP contribution in [0.25, 0.3) is 0 Å². The zero-order valence-corrected chi connectivity index (χ0v) is 35.6. The van der Waals surface area contributed by atoms with Gasteiger partial charge >= 0.3 is 19.8 Å². The number of carbonyl (C=O) groups is 2. The van der Waals surface area contributed by atoms with Crippen molar-refractivity contribution in [1.82, 2.24) is 0 Å². The molecule has 0 bridgehead atoms. The minimum Gasteiger partial charge on any atom is -0.457 e. The van der Waals surface area contributed by atoms with Crippen LogP contribution in [0, 0.1) is 0 Å². The first-order valence-electron chi connectivity index (χ1n) is 20.8. The van der Waals surface area contributed by atoms with Crippen molar-refractivity contribution in [1.29, 1.82) is 0 Å². The number of unbranched alkanes of at least 4 members (excludes halogenated alkanes) is 5. The van der Waals surface area contributed by atoms with Crippen molar-refractivity contribution in [3.8, 4) is 0 Å². The first kappa shape index (κ1) is 53.6. The number of aliphatic hydroxyl groups excluding tert-OH is 2. The summed E-state index contributed by atoms with van der Waals surface area (Å²) < 4.78 is 32.5. The maximum atomic E-state index is 12.4. The van der Waals surface area contributed by atoms with Gasteiger partial charge in [0, 0.05) is 12.8 Å². The average Bonchev–Trinajstić information content (AvgIpc) is 3.20. The summed E-state index contributed by atoms with van der Waals surface area (Å²) in [5.74, 6) is -1.12. The molecule has 3 atom stereocenters. The summed E-state index contributed by atoms with van der Waals surface area (Å²) in [6.07, 6.45) is 50.7. The molecule has 0 amide bonds. The van der Waals surface area contributed by atoms with E-state index in [0.29, 0.717) is 19.3 Å². The molecule has 0 aromatic rings. The van der Waals surface area contributed by atoms with Gasteiger partial charge in [0.05, 0.1) is 26.4 Å². The van der Waals surface area contributed by atoms with Gasteiger partial charge in [-0.3, -0.25) is 18.6 Å². The summed E-state index contributed by atoms with van der Waals surface area (Å²) in [5.41, 5.74) is 0. The molecular formula is C46H73O10P. The minimum atomic E-state index is -4.67. The molecule has 57 heavy (non-hydrogen) atoms. The number of esters is 2. The van der Waals surface area contributed by atoms with Crippen molar-refractivity contribution >= 4 is 19.8 Å². The summed E-state index contributed by atoms with van der Waals surface area (Å²) in [4.78, 5) is 34.5. The summed E-state index contributed by atoms with van der Waals surface area (Å²) in [7, 11) is -4.67. The molecule has 0 rings (SSSR count). The van der Waals surface area contributed by atoms with Gasteiger partial charge in [-0.15, -0.1) is 0 Å². The Hall–Kier alpha value is -3.37. The summed E-state index contributed by atoms with van der Waals surface area (Å²) in [6.45, 7) is 1.85. The molecule has 0 aromatic carbocycles. The van der Waals surface area contributed by atoms with Gasteiger partial charge in [0.1, 0.15) is 12.2 Å². The normalized spacial score (nSPS) is 15.0. The van der Waals surface area contributed by atoms with Crippen molar-refractivity contribution in [3.63, 3.8) is 0 Å². The summed E-state index contributed by atoms with van der Waals surface area (Å²) in [6, 6.07) is 0. The van der Waals surface area contributed by atoms with Gasteiger partial charge in [-0.2, -0.15) is 0 Å². The molecule has 0 aromatic heterocycles. The van der Waals surface area contributed by atoms with Crippen LogP contribution in [0.1, 0.15) is 129 Å². The van der Waals surface area contributed by atoms with Crippen LogP contribution in [-0.4, -0.2) is 65.7 Å². The molecule has 3 N–H and O–H groups in total. The van der Waals surface area contributed by atoms with Crippen LogP contribution in [0.15, 0.2) is 109 Å². The molecule has 0 aliphatic rings. The highest BCUT2D eigenvalue weighted by Crippen LogP contribution is 2.43. The van der Waals surface area contributed by atoms with E-state index in [-0.39, 0.29) is 12.8 Å². The molecule has 0 saturated carbocycles. The Morgan fingerprint density at radius 2 is 0.789 bits per heavy atom. The highest BCUT2D eigenvalue weighted by Gasteiger charge is 2.27. The van der Waals surface area contributed by atoms with Gasteiger partial charge in [0.15, 0.2) is 0 Å². The third-order valence-electron chi connectivity index (χ3n) is 7.98. The van der Waals surface area contributed by atoms with Crippen LogP contribution in [-0.2, 0) is 32.7 Å². The van der Waals surface area contributed by atoms with Crippen LogP contribution >= 0.6 is 7.82 Å². The lowest BCUT2D eigenvalue weighted by atomic mass is 10.1. The predicted octanol–water partition coefficient (Wildman–Crippen LogP) is 11.0. The fourth-order valence-corrected chi connectivity index (χ4v) is 5.63. The van der Waals surface area contributed by atoms with Crippen LogP contribution in [0.2, 0.25) is 0 Å². The highest BCUT2D eigenvalue weighted by molar-refractivity contribution is 7.47. The van der Waals surface area contributed by atoms with E-state index in [2.05, 4.69) is 111 Å². The van der Waals surface area contributed by atoms with Gasteiger partial charge in [0.25, 0.3) is 0 Å². The second kappa shape index (κ2) is 40.8. The summed E-state index contributed by atoms with van der Waals surface area (Å²) in [5, 5.41) is 19.1. The number of hydrogen-bond donors (Lipinski definition) is 3. The quantitative estimate of drug-likeness (QED) is 0.0239. The number of ether oxygens (including phenoxy) is 2. The third kappa shape index (κ3) is 39.2. The van der Waals surface area contributed by atoms with Gasteiger partial charge in [-0.25, -0.2) is 4.57 Å². The molecule has 0 heterocycles. The Bertz CT molecular complexity index is 1310. The molecular weight excluding hydrogens is 743 g/mol. The number of aliphatic hydroxyl groups is 2. The fourth-order valence-electron chi connectivity index (χ4n) is 4.85. The first-order chi connectivity index (χ1) is 27.8. The standard InChI is InChI=1S/C46H73O10P/c1-3-5-7-9-11-13-15-17-19-21-23-25-27-29-31-33-35-37-45(49)55-43(39-47)41-53-57(51,52)54-42-44(40-48)56-46(50)38-36-34-32-30-28-26-24-22-20-18-16-14-12-10-8-6-4-2/h5-8,11-14,17-20,23-26,29,31,43-44,47-48H,3-4,9-10,15-16,21-22,27-28,30,32-42H2,1-2H3,(H,51,52)/b7-5-,8-6-,13-11-,14-12-,19-17-,20-18-,25-23-,26-24-,31-29-. The monoisotopic (exact) mass is 816 g/mol. The van der Waals surface area contributed by atoms with E-state index in [0.717, 1.165) is 83.5 Å². The van der Waals surface area contributed by atoms with Gasteiger partial charge < -0.3 is 24.6 Å². The third-order valence-corrected chi connectivity index (χ3v) is 8.93. The molecule has 3 unspecified atom stereocenters. The number of hydrogen-bond acceptors (Lipinski definition) is 9.